The molecular formula is C12H11BClNO2. The Kier molecular flexibility index (Phi) is 3.47. The van der Waals surface area contributed by atoms with Gasteiger partial charge in [-0.2, -0.15) is 0 Å². The Morgan fingerprint density at radius 1 is 1.18 bits per heavy atom. The second-order valence-electron chi connectivity index (χ2n) is 3.85. The summed E-state index contributed by atoms with van der Waals surface area (Å²) in [6, 6.07) is 9.41. The third-order valence-corrected chi connectivity index (χ3v) is 2.82. The lowest BCUT2D eigenvalue weighted by atomic mass is 9.80. The number of hydrogen-bond acceptors (Lipinski definition) is 3. The van der Waals surface area contributed by atoms with Crippen molar-refractivity contribution in [2.75, 3.05) is 0 Å². The first kappa shape index (κ1) is 12.1. The van der Waals surface area contributed by atoms with Gasteiger partial charge in [-0.3, -0.25) is 0 Å². The molecule has 0 bridgehead atoms. The molecule has 0 aliphatic rings. The SMILES string of the molecule is Cc1ccc(-c2cc(B(O)O)cnc2Cl)cc1. The largest absolute Gasteiger partial charge is 0.490 e. The highest BCUT2D eigenvalue weighted by Crippen LogP contribution is 2.25. The lowest BCUT2D eigenvalue weighted by Gasteiger charge is -2.07. The minimum Gasteiger partial charge on any atom is -0.423 e. The number of aryl methyl sites for hydroxylation is 1. The van der Waals surface area contributed by atoms with E-state index in [1.807, 2.05) is 31.2 Å². The fraction of sp³-hybridized carbons (Fsp3) is 0.0833. The van der Waals surface area contributed by atoms with E-state index in [0.717, 1.165) is 11.1 Å². The number of pyridine rings is 1. The van der Waals surface area contributed by atoms with Gasteiger partial charge in [0.2, 0.25) is 0 Å². The Labute approximate surface area is 105 Å². The Bertz CT molecular complexity index is 529. The maximum Gasteiger partial charge on any atom is 0.490 e. The molecule has 3 nitrogen and oxygen atoms in total. The number of hydrogen-bond donors (Lipinski definition) is 2. The summed E-state index contributed by atoms with van der Waals surface area (Å²) in [4.78, 5) is 3.94. The quantitative estimate of drug-likeness (QED) is 0.623. The van der Waals surface area contributed by atoms with Gasteiger partial charge < -0.3 is 10.0 Å². The molecule has 2 N–H and O–H groups in total. The van der Waals surface area contributed by atoms with E-state index in [0.29, 0.717) is 16.2 Å². The van der Waals surface area contributed by atoms with Crippen LogP contribution in [0.5, 0.6) is 0 Å². The summed E-state index contributed by atoms with van der Waals surface area (Å²) in [5.74, 6) is 0. The van der Waals surface area contributed by atoms with Crippen molar-refractivity contribution in [3.05, 3.63) is 47.2 Å². The number of aromatic nitrogens is 1. The average molecular weight is 247 g/mol. The van der Waals surface area contributed by atoms with Crippen LogP contribution in [-0.4, -0.2) is 22.2 Å². The van der Waals surface area contributed by atoms with Crippen LogP contribution >= 0.6 is 11.6 Å². The first-order valence-electron chi connectivity index (χ1n) is 5.16. The van der Waals surface area contributed by atoms with Crippen LogP contribution in [0.3, 0.4) is 0 Å². The van der Waals surface area contributed by atoms with Crippen LogP contribution in [0, 0.1) is 6.92 Å². The highest BCUT2D eigenvalue weighted by molar-refractivity contribution is 6.58. The molecule has 1 aromatic carbocycles. The van der Waals surface area contributed by atoms with Crippen molar-refractivity contribution in [3.8, 4) is 11.1 Å². The number of benzene rings is 1. The van der Waals surface area contributed by atoms with E-state index < -0.39 is 7.12 Å². The summed E-state index contributed by atoms with van der Waals surface area (Å²) in [5, 5.41) is 18.6. The molecule has 0 aliphatic carbocycles. The lowest BCUT2D eigenvalue weighted by molar-refractivity contribution is 0.425. The molecule has 0 saturated heterocycles. The van der Waals surface area contributed by atoms with Crippen LogP contribution in [-0.2, 0) is 0 Å². The van der Waals surface area contributed by atoms with E-state index in [9.17, 15) is 0 Å². The summed E-state index contributed by atoms with van der Waals surface area (Å²) < 4.78 is 0. The van der Waals surface area contributed by atoms with Crippen molar-refractivity contribution < 1.29 is 10.0 Å². The highest BCUT2D eigenvalue weighted by atomic mass is 35.5. The van der Waals surface area contributed by atoms with Crippen molar-refractivity contribution >= 4 is 24.2 Å². The van der Waals surface area contributed by atoms with Gasteiger partial charge in [-0.1, -0.05) is 41.4 Å². The number of rotatable bonds is 2. The minimum absolute atomic E-state index is 0.324. The third-order valence-electron chi connectivity index (χ3n) is 2.52. The van der Waals surface area contributed by atoms with Crippen molar-refractivity contribution in [2.45, 2.75) is 6.92 Å². The molecule has 17 heavy (non-hydrogen) atoms. The summed E-state index contributed by atoms with van der Waals surface area (Å²) >= 11 is 6.00. The molecule has 1 aromatic heterocycles. The zero-order chi connectivity index (χ0) is 12.4. The van der Waals surface area contributed by atoms with Gasteiger partial charge in [-0.25, -0.2) is 4.98 Å². The van der Waals surface area contributed by atoms with E-state index >= 15 is 0 Å². The summed E-state index contributed by atoms with van der Waals surface area (Å²) in [6.07, 6.45) is 1.35. The van der Waals surface area contributed by atoms with E-state index in [1.54, 1.807) is 6.07 Å². The van der Waals surface area contributed by atoms with Crippen LogP contribution < -0.4 is 5.46 Å². The van der Waals surface area contributed by atoms with E-state index in [1.165, 1.54) is 6.20 Å². The highest BCUT2D eigenvalue weighted by Gasteiger charge is 2.14. The predicted molar refractivity (Wildman–Crippen MR) is 69.2 cm³/mol. The van der Waals surface area contributed by atoms with Gasteiger partial charge in [0.15, 0.2) is 0 Å². The molecule has 1 heterocycles. The molecule has 0 fully saturated rings. The first-order valence-corrected chi connectivity index (χ1v) is 5.54. The molecule has 0 radical (unpaired) electrons. The van der Waals surface area contributed by atoms with Gasteiger partial charge in [0.1, 0.15) is 5.15 Å². The van der Waals surface area contributed by atoms with Crippen molar-refractivity contribution in [1.82, 2.24) is 4.98 Å². The summed E-state index contributed by atoms with van der Waals surface area (Å²) in [7, 11) is -1.54. The molecule has 0 aliphatic heterocycles. The first-order chi connectivity index (χ1) is 8.08. The standard InChI is InChI=1S/C12H11BClNO2/c1-8-2-4-9(5-3-8)11-6-10(13(16)17)7-15-12(11)14/h2-7,16-17H,1H3. The molecule has 0 amide bonds. The second-order valence-corrected chi connectivity index (χ2v) is 4.20. The lowest BCUT2D eigenvalue weighted by Crippen LogP contribution is -2.30. The molecule has 0 saturated carbocycles. The van der Waals surface area contributed by atoms with Gasteiger partial charge >= 0.3 is 7.12 Å². The molecule has 86 valence electrons. The molecule has 2 rings (SSSR count). The normalized spacial score (nSPS) is 10.4. The fourth-order valence-corrected chi connectivity index (χ4v) is 1.75. The van der Waals surface area contributed by atoms with E-state index in [-0.39, 0.29) is 0 Å². The van der Waals surface area contributed by atoms with Crippen LogP contribution in [0.1, 0.15) is 5.56 Å². The van der Waals surface area contributed by atoms with Crippen LogP contribution in [0.4, 0.5) is 0 Å². The molecule has 0 unspecified atom stereocenters. The van der Waals surface area contributed by atoms with E-state index in [4.69, 9.17) is 21.6 Å². The average Bonchev–Trinajstić information content (AvgIpc) is 2.31. The van der Waals surface area contributed by atoms with Crippen molar-refractivity contribution in [2.24, 2.45) is 0 Å². The van der Waals surface area contributed by atoms with E-state index in [2.05, 4.69) is 4.98 Å². The van der Waals surface area contributed by atoms with Crippen LogP contribution in [0.15, 0.2) is 36.5 Å². The Balaban J connectivity index is 2.50. The molecule has 0 atom stereocenters. The zero-order valence-electron chi connectivity index (χ0n) is 9.26. The maximum absolute atomic E-state index is 9.10. The monoisotopic (exact) mass is 247 g/mol. The van der Waals surface area contributed by atoms with Crippen molar-refractivity contribution in [3.63, 3.8) is 0 Å². The summed E-state index contributed by atoms with van der Waals surface area (Å²) in [5.41, 5.74) is 3.06. The van der Waals surface area contributed by atoms with Crippen LogP contribution in [0.25, 0.3) is 11.1 Å². The topological polar surface area (TPSA) is 53.4 Å². The maximum atomic E-state index is 9.10. The van der Waals surface area contributed by atoms with Crippen LogP contribution in [0.2, 0.25) is 5.15 Å². The second kappa shape index (κ2) is 4.88. The molecule has 0 spiro atoms. The van der Waals surface area contributed by atoms with Gasteiger partial charge in [0, 0.05) is 17.2 Å². The van der Waals surface area contributed by atoms with Gasteiger partial charge in [-0.15, -0.1) is 0 Å². The Morgan fingerprint density at radius 3 is 2.41 bits per heavy atom. The Morgan fingerprint density at radius 2 is 1.82 bits per heavy atom. The molecular weight excluding hydrogens is 236 g/mol. The Hall–Kier alpha value is -1.36. The van der Waals surface area contributed by atoms with Crippen molar-refractivity contribution in [1.29, 1.82) is 0 Å². The smallest absolute Gasteiger partial charge is 0.423 e. The number of halogens is 1. The molecule has 2 aromatic rings. The minimum atomic E-state index is -1.54. The molecule has 5 heteroatoms. The van der Waals surface area contributed by atoms with Gasteiger partial charge in [0.25, 0.3) is 0 Å². The van der Waals surface area contributed by atoms with Gasteiger partial charge in [0.05, 0.1) is 0 Å². The third kappa shape index (κ3) is 2.66. The van der Waals surface area contributed by atoms with Gasteiger partial charge in [-0.05, 0) is 18.6 Å². The summed E-state index contributed by atoms with van der Waals surface area (Å²) in [6.45, 7) is 2.00. The zero-order valence-corrected chi connectivity index (χ0v) is 10.0. The fourth-order valence-electron chi connectivity index (χ4n) is 1.54. The predicted octanol–water partition coefficient (Wildman–Crippen LogP) is 1.39. The number of nitrogens with zero attached hydrogens (tertiary/aromatic N) is 1.